The Labute approximate surface area is 213 Å². The third-order valence-electron chi connectivity index (χ3n) is 6.72. The van der Waals surface area contributed by atoms with Crippen LogP contribution in [0, 0.1) is 6.92 Å². The first-order chi connectivity index (χ1) is 17.6. The van der Waals surface area contributed by atoms with Crippen LogP contribution in [0.3, 0.4) is 0 Å². The average Bonchev–Trinajstić information content (AvgIpc) is 3.17. The number of rotatable bonds is 8. The fraction of sp³-hybridized carbons (Fsp3) is 0.267. The number of hydrogen-bond donors (Lipinski definition) is 1. The highest BCUT2D eigenvalue weighted by Gasteiger charge is 2.20. The fourth-order valence-corrected chi connectivity index (χ4v) is 4.98. The lowest BCUT2D eigenvalue weighted by Gasteiger charge is -2.28. The Morgan fingerprint density at radius 3 is 2.19 bits per heavy atom. The standard InChI is InChI=1S/C30H33N5O/c1-23-21-29(32-35(23)26-13-4-3-5-14-26)31-30(36)22-33(2)19-10-20-34-27-15-8-6-11-24(27)17-18-25-12-7-9-16-28(25)34/h3-9,11-16,21H,10,17-20,22H2,1-2H3,(H,31,32,36). The van der Waals surface area contributed by atoms with Gasteiger partial charge in [-0.1, -0.05) is 54.6 Å². The van der Waals surface area contributed by atoms with Crippen molar-refractivity contribution >= 4 is 23.1 Å². The highest BCUT2D eigenvalue weighted by Crippen LogP contribution is 2.35. The minimum Gasteiger partial charge on any atom is -0.341 e. The Morgan fingerprint density at radius 1 is 0.917 bits per heavy atom. The number of amides is 1. The van der Waals surface area contributed by atoms with Crippen molar-refractivity contribution in [3.05, 3.63) is 102 Å². The van der Waals surface area contributed by atoms with E-state index in [0.717, 1.165) is 43.7 Å². The molecule has 36 heavy (non-hydrogen) atoms. The minimum atomic E-state index is -0.0549. The highest BCUT2D eigenvalue weighted by molar-refractivity contribution is 5.91. The Morgan fingerprint density at radius 2 is 1.53 bits per heavy atom. The maximum Gasteiger partial charge on any atom is 0.239 e. The smallest absolute Gasteiger partial charge is 0.239 e. The third kappa shape index (κ3) is 5.34. The molecule has 1 aliphatic rings. The van der Waals surface area contributed by atoms with Gasteiger partial charge in [0, 0.05) is 36.2 Å². The zero-order valence-corrected chi connectivity index (χ0v) is 21.0. The van der Waals surface area contributed by atoms with E-state index in [9.17, 15) is 4.79 Å². The molecule has 1 N–H and O–H groups in total. The molecule has 0 bridgehead atoms. The Balaban J connectivity index is 1.18. The summed E-state index contributed by atoms with van der Waals surface area (Å²) in [4.78, 5) is 17.2. The molecule has 1 amide bonds. The Kier molecular flexibility index (Phi) is 7.14. The van der Waals surface area contributed by atoms with Crippen LogP contribution in [0.1, 0.15) is 23.2 Å². The normalized spacial score (nSPS) is 12.7. The molecular weight excluding hydrogens is 446 g/mol. The van der Waals surface area contributed by atoms with Gasteiger partial charge in [-0.05, 0) is 68.6 Å². The van der Waals surface area contributed by atoms with Gasteiger partial charge >= 0.3 is 0 Å². The predicted octanol–water partition coefficient (Wildman–Crippen LogP) is 5.38. The number of carbonyl (C=O) groups excluding carboxylic acids is 1. The molecule has 0 spiro atoms. The van der Waals surface area contributed by atoms with Crippen LogP contribution < -0.4 is 10.2 Å². The van der Waals surface area contributed by atoms with Crippen LogP contribution in [0.25, 0.3) is 5.69 Å². The van der Waals surface area contributed by atoms with Gasteiger partial charge in [0.2, 0.25) is 5.91 Å². The lowest BCUT2D eigenvalue weighted by molar-refractivity contribution is -0.117. The molecule has 6 heteroatoms. The molecule has 4 aromatic rings. The molecule has 1 aromatic heterocycles. The van der Waals surface area contributed by atoms with Gasteiger partial charge in [0.05, 0.1) is 12.2 Å². The van der Waals surface area contributed by atoms with Crippen molar-refractivity contribution in [2.75, 3.05) is 36.9 Å². The second-order valence-corrected chi connectivity index (χ2v) is 9.47. The van der Waals surface area contributed by atoms with Gasteiger partial charge in [0.25, 0.3) is 0 Å². The summed E-state index contributed by atoms with van der Waals surface area (Å²) in [5.74, 6) is 0.521. The van der Waals surface area contributed by atoms with Gasteiger partial charge in [-0.25, -0.2) is 4.68 Å². The summed E-state index contributed by atoms with van der Waals surface area (Å²) in [5, 5.41) is 7.52. The maximum atomic E-state index is 12.7. The molecular formula is C30H33N5O. The van der Waals surface area contributed by atoms with Crippen LogP contribution in [-0.2, 0) is 17.6 Å². The van der Waals surface area contributed by atoms with Crippen LogP contribution in [-0.4, -0.2) is 47.3 Å². The lowest BCUT2D eigenvalue weighted by atomic mass is 10.0. The van der Waals surface area contributed by atoms with Gasteiger partial charge in [0.15, 0.2) is 5.82 Å². The monoisotopic (exact) mass is 479 g/mol. The number of fused-ring (bicyclic) bond motifs is 2. The molecule has 184 valence electrons. The number of benzene rings is 3. The van der Waals surface area contributed by atoms with Crippen LogP contribution in [0.15, 0.2) is 84.9 Å². The molecule has 1 aliphatic heterocycles. The molecule has 5 rings (SSSR count). The summed E-state index contributed by atoms with van der Waals surface area (Å²) < 4.78 is 1.84. The van der Waals surface area contributed by atoms with Gasteiger partial charge in [-0.2, -0.15) is 0 Å². The van der Waals surface area contributed by atoms with Crippen LogP contribution in [0.2, 0.25) is 0 Å². The largest absolute Gasteiger partial charge is 0.341 e. The van der Waals surface area contributed by atoms with Gasteiger partial charge in [-0.15, -0.1) is 5.10 Å². The predicted molar refractivity (Wildman–Crippen MR) is 146 cm³/mol. The number of nitrogens with zero attached hydrogens (tertiary/aromatic N) is 4. The van der Waals surface area contributed by atoms with Gasteiger partial charge < -0.3 is 10.2 Å². The van der Waals surface area contributed by atoms with Crippen molar-refractivity contribution in [2.45, 2.75) is 26.2 Å². The molecule has 0 unspecified atom stereocenters. The summed E-state index contributed by atoms with van der Waals surface area (Å²) in [6, 6.07) is 29.3. The second kappa shape index (κ2) is 10.8. The molecule has 0 atom stereocenters. The fourth-order valence-electron chi connectivity index (χ4n) is 4.98. The first-order valence-corrected chi connectivity index (χ1v) is 12.6. The van der Waals surface area contributed by atoms with E-state index in [-0.39, 0.29) is 5.91 Å². The number of aryl methyl sites for hydroxylation is 3. The summed E-state index contributed by atoms with van der Waals surface area (Å²) >= 11 is 0. The second-order valence-electron chi connectivity index (χ2n) is 9.47. The highest BCUT2D eigenvalue weighted by atomic mass is 16.2. The number of para-hydroxylation sites is 3. The number of hydrogen-bond acceptors (Lipinski definition) is 4. The first-order valence-electron chi connectivity index (χ1n) is 12.6. The molecule has 0 saturated heterocycles. The number of carbonyl (C=O) groups is 1. The quantitative estimate of drug-likeness (QED) is 0.369. The van der Waals surface area contributed by atoms with Crippen molar-refractivity contribution in [3.63, 3.8) is 0 Å². The van der Waals surface area contributed by atoms with Crippen molar-refractivity contribution in [1.82, 2.24) is 14.7 Å². The Hall–Kier alpha value is -3.90. The van der Waals surface area contributed by atoms with Crippen molar-refractivity contribution in [2.24, 2.45) is 0 Å². The summed E-state index contributed by atoms with van der Waals surface area (Å²) in [6.07, 6.45) is 3.07. The van der Waals surface area contributed by atoms with Crippen LogP contribution >= 0.6 is 0 Å². The van der Waals surface area contributed by atoms with E-state index in [4.69, 9.17) is 0 Å². The topological polar surface area (TPSA) is 53.4 Å². The maximum absolute atomic E-state index is 12.7. The van der Waals surface area contributed by atoms with E-state index in [1.54, 1.807) is 0 Å². The lowest BCUT2D eigenvalue weighted by Crippen LogP contribution is -2.32. The van der Waals surface area contributed by atoms with Crippen LogP contribution in [0.4, 0.5) is 17.2 Å². The molecule has 0 radical (unpaired) electrons. The van der Waals surface area contributed by atoms with Gasteiger partial charge in [0.1, 0.15) is 0 Å². The van der Waals surface area contributed by atoms with E-state index >= 15 is 0 Å². The van der Waals surface area contributed by atoms with E-state index in [1.165, 1.54) is 22.5 Å². The zero-order valence-electron chi connectivity index (χ0n) is 21.0. The number of likely N-dealkylation sites (N-methyl/N-ethyl adjacent to an activating group) is 1. The zero-order chi connectivity index (χ0) is 24.9. The van der Waals surface area contributed by atoms with Crippen molar-refractivity contribution in [3.8, 4) is 5.69 Å². The number of nitrogens with one attached hydrogen (secondary N) is 1. The third-order valence-corrected chi connectivity index (χ3v) is 6.72. The SMILES string of the molecule is Cc1cc(NC(=O)CN(C)CCCN2c3ccccc3CCc3ccccc32)nn1-c1ccccc1. The molecule has 0 saturated carbocycles. The molecule has 6 nitrogen and oxygen atoms in total. The molecule has 2 heterocycles. The molecule has 0 fully saturated rings. The van der Waals surface area contributed by atoms with E-state index < -0.39 is 0 Å². The van der Waals surface area contributed by atoms with E-state index in [0.29, 0.717) is 12.4 Å². The van der Waals surface area contributed by atoms with E-state index in [2.05, 4.69) is 68.7 Å². The number of aromatic nitrogens is 2. The van der Waals surface area contributed by atoms with Crippen LogP contribution in [0.5, 0.6) is 0 Å². The minimum absolute atomic E-state index is 0.0549. The summed E-state index contributed by atoms with van der Waals surface area (Å²) in [7, 11) is 2.00. The van der Waals surface area contributed by atoms with Crippen molar-refractivity contribution in [1.29, 1.82) is 0 Å². The summed E-state index contributed by atoms with van der Waals surface area (Å²) in [5.41, 5.74) is 7.34. The summed E-state index contributed by atoms with van der Waals surface area (Å²) in [6.45, 7) is 4.04. The van der Waals surface area contributed by atoms with Crippen molar-refractivity contribution < 1.29 is 4.79 Å². The molecule has 0 aliphatic carbocycles. The van der Waals surface area contributed by atoms with E-state index in [1.807, 2.05) is 55.1 Å². The first kappa shape index (κ1) is 23.8. The number of anilines is 3. The molecule has 3 aromatic carbocycles. The van der Waals surface area contributed by atoms with Gasteiger partial charge in [-0.3, -0.25) is 9.69 Å². The Bertz CT molecular complexity index is 1280. The average molecular weight is 480 g/mol.